The van der Waals surface area contributed by atoms with E-state index in [1.165, 1.54) is 10.6 Å². The highest BCUT2D eigenvalue weighted by Gasteiger charge is 2.18. The summed E-state index contributed by atoms with van der Waals surface area (Å²) in [6.45, 7) is 1.70. The summed E-state index contributed by atoms with van der Waals surface area (Å²) < 4.78 is 1.36. The SMILES string of the molecule is Cc1cc(O)c(C(=O)Cc2ccccc2)c(=O)n1C. The summed E-state index contributed by atoms with van der Waals surface area (Å²) in [6.07, 6.45) is 0.104. The molecule has 4 nitrogen and oxygen atoms in total. The van der Waals surface area contributed by atoms with Crippen LogP contribution in [-0.2, 0) is 13.5 Å². The van der Waals surface area contributed by atoms with Gasteiger partial charge in [0.2, 0.25) is 0 Å². The van der Waals surface area contributed by atoms with Gasteiger partial charge < -0.3 is 9.67 Å². The van der Waals surface area contributed by atoms with Crippen molar-refractivity contribution >= 4 is 5.78 Å². The Morgan fingerprint density at radius 3 is 2.53 bits per heavy atom. The zero-order chi connectivity index (χ0) is 14.0. The maximum absolute atomic E-state index is 12.1. The molecular formula is C15H15NO3. The van der Waals surface area contributed by atoms with Crippen molar-refractivity contribution in [2.45, 2.75) is 13.3 Å². The number of hydrogen-bond acceptors (Lipinski definition) is 3. The average Bonchev–Trinajstić information content (AvgIpc) is 2.37. The molecule has 0 bridgehead atoms. The number of aromatic nitrogens is 1. The van der Waals surface area contributed by atoms with Gasteiger partial charge in [-0.05, 0) is 12.5 Å². The van der Waals surface area contributed by atoms with Gasteiger partial charge in [-0.25, -0.2) is 0 Å². The fourth-order valence-electron chi connectivity index (χ4n) is 1.94. The molecule has 0 aliphatic carbocycles. The van der Waals surface area contributed by atoms with Crippen molar-refractivity contribution in [3.05, 3.63) is 63.6 Å². The standard InChI is InChI=1S/C15H15NO3/c1-10-8-12(17)14(15(19)16(10)2)13(18)9-11-6-4-3-5-7-11/h3-8,17H,9H2,1-2H3. The van der Waals surface area contributed by atoms with Gasteiger partial charge in [-0.3, -0.25) is 9.59 Å². The molecule has 0 saturated carbocycles. The Labute approximate surface area is 110 Å². The molecule has 4 heteroatoms. The summed E-state index contributed by atoms with van der Waals surface area (Å²) in [5, 5.41) is 9.81. The number of Topliss-reactive ketones (excluding diaryl/α,β-unsaturated/α-hetero) is 1. The van der Waals surface area contributed by atoms with Crippen LogP contribution in [0.25, 0.3) is 0 Å². The molecule has 1 heterocycles. The van der Waals surface area contributed by atoms with Crippen LogP contribution in [0.5, 0.6) is 5.75 Å². The van der Waals surface area contributed by atoms with E-state index in [0.29, 0.717) is 5.69 Å². The van der Waals surface area contributed by atoms with Crippen molar-refractivity contribution in [1.82, 2.24) is 4.57 Å². The largest absolute Gasteiger partial charge is 0.507 e. The maximum atomic E-state index is 12.1. The lowest BCUT2D eigenvalue weighted by atomic mass is 10.0. The average molecular weight is 257 g/mol. The second-order valence-electron chi connectivity index (χ2n) is 4.50. The molecule has 0 aliphatic heterocycles. The number of nitrogens with zero attached hydrogens (tertiary/aromatic N) is 1. The Balaban J connectivity index is 2.40. The lowest BCUT2D eigenvalue weighted by Crippen LogP contribution is -2.26. The van der Waals surface area contributed by atoms with E-state index >= 15 is 0 Å². The van der Waals surface area contributed by atoms with Crippen LogP contribution in [-0.4, -0.2) is 15.5 Å². The van der Waals surface area contributed by atoms with Gasteiger partial charge in [0.05, 0.1) is 0 Å². The zero-order valence-electron chi connectivity index (χ0n) is 10.9. The van der Waals surface area contributed by atoms with Crippen LogP contribution < -0.4 is 5.56 Å². The number of benzene rings is 1. The Bertz CT molecular complexity index is 672. The molecule has 1 aromatic carbocycles. The molecule has 1 aromatic heterocycles. The van der Waals surface area contributed by atoms with Gasteiger partial charge in [-0.1, -0.05) is 30.3 Å². The van der Waals surface area contributed by atoms with Gasteiger partial charge in [0, 0.05) is 25.2 Å². The molecule has 1 N–H and O–H groups in total. The number of carbonyl (C=O) groups excluding carboxylic acids is 1. The smallest absolute Gasteiger partial charge is 0.265 e. The number of hydrogen-bond donors (Lipinski definition) is 1. The molecule has 19 heavy (non-hydrogen) atoms. The third kappa shape index (κ3) is 2.57. The van der Waals surface area contributed by atoms with Crippen molar-refractivity contribution in [1.29, 1.82) is 0 Å². The van der Waals surface area contributed by atoms with E-state index in [2.05, 4.69) is 0 Å². The van der Waals surface area contributed by atoms with E-state index in [4.69, 9.17) is 0 Å². The summed E-state index contributed by atoms with van der Waals surface area (Å²) in [7, 11) is 1.58. The van der Waals surface area contributed by atoms with Crippen LogP contribution >= 0.6 is 0 Å². The predicted octanol–water partition coefficient (Wildman–Crippen LogP) is 1.82. The minimum atomic E-state index is -0.460. The van der Waals surface area contributed by atoms with Crippen molar-refractivity contribution < 1.29 is 9.90 Å². The lowest BCUT2D eigenvalue weighted by Gasteiger charge is -2.08. The van der Waals surface area contributed by atoms with Crippen molar-refractivity contribution in [3.8, 4) is 5.75 Å². The van der Waals surface area contributed by atoms with Crippen LogP contribution in [0.2, 0.25) is 0 Å². The molecule has 2 rings (SSSR count). The van der Waals surface area contributed by atoms with Crippen LogP contribution in [0.1, 0.15) is 21.6 Å². The Morgan fingerprint density at radius 1 is 1.26 bits per heavy atom. The number of ketones is 1. The highest BCUT2D eigenvalue weighted by atomic mass is 16.3. The second-order valence-corrected chi connectivity index (χ2v) is 4.50. The molecule has 0 saturated heterocycles. The zero-order valence-corrected chi connectivity index (χ0v) is 10.9. The summed E-state index contributed by atoms with van der Waals surface area (Å²) in [5.41, 5.74) is 0.823. The molecule has 2 aromatic rings. The fourth-order valence-corrected chi connectivity index (χ4v) is 1.94. The molecule has 0 amide bonds. The number of aryl methyl sites for hydroxylation is 1. The van der Waals surface area contributed by atoms with E-state index in [9.17, 15) is 14.7 Å². The molecule has 0 unspecified atom stereocenters. The molecule has 0 radical (unpaired) electrons. The van der Waals surface area contributed by atoms with E-state index < -0.39 is 5.56 Å². The van der Waals surface area contributed by atoms with Crippen molar-refractivity contribution in [2.75, 3.05) is 0 Å². The summed E-state index contributed by atoms with van der Waals surface area (Å²) in [5.74, 6) is -0.620. The summed E-state index contributed by atoms with van der Waals surface area (Å²) in [6, 6.07) is 10.6. The monoisotopic (exact) mass is 257 g/mol. The molecule has 0 fully saturated rings. The predicted molar refractivity (Wildman–Crippen MR) is 72.6 cm³/mol. The third-order valence-electron chi connectivity index (χ3n) is 3.14. The second kappa shape index (κ2) is 5.10. The summed E-state index contributed by atoms with van der Waals surface area (Å²) in [4.78, 5) is 24.2. The molecule has 98 valence electrons. The first kappa shape index (κ1) is 13.1. The van der Waals surface area contributed by atoms with E-state index in [1.54, 1.807) is 14.0 Å². The number of pyridine rings is 1. The van der Waals surface area contributed by atoms with Gasteiger partial charge >= 0.3 is 0 Å². The van der Waals surface area contributed by atoms with E-state index in [1.807, 2.05) is 30.3 Å². The highest BCUT2D eigenvalue weighted by Crippen LogP contribution is 2.16. The van der Waals surface area contributed by atoms with Crippen LogP contribution in [0.4, 0.5) is 0 Å². The number of carbonyl (C=O) groups is 1. The molecule has 0 atom stereocenters. The minimum Gasteiger partial charge on any atom is -0.507 e. The maximum Gasteiger partial charge on any atom is 0.265 e. The van der Waals surface area contributed by atoms with Gasteiger partial charge in [0.15, 0.2) is 5.78 Å². The number of rotatable bonds is 3. The van der Waals surface area contributed by atoms with Gasteiger partial charge in [0.25, 0.3) is 5.56 Å². The first-order chi connectivity index (χ1) is 9.00. The van der Waals surface area contributed by atoms with Crippen LogP contribution in [0.3, 0.4) is 0 Å². The van der Waals surface area contributed by atoms with E-state index in [-0.39, 0.29) is 23.5 Å². The third-order valence-corrected chi connectivity index (χ3v) is 3.14. The Kier molecular flexibility index (Phi) is 3.51. The quantitative estimate of drug-likeness (QED) is 0.853. The van der Waals surface area contributed by atoms with Crippen LogP contribution in [0.15, 0.2) is 41.2 Å². The molecule has 0 aliphatic rings. The van der Waals surface area contributed by atoms with Crippen LogP contribution in [0, 0.1) is 6.92 Å². The Morgan fingerprint density at radius 2 is 1.89 bits per heavy atom. The minimum absolute atomic E-state index is 0.104. The Hall–Kier alpha value is -2.36. The van der Waals surface area contributed by atoms with Gasteiger partial charge in [-0.15, -0.1) is 0 Å². The fraction of sp³-hybridized carbons (Fsp3) is 0.200. The first-order valence-electron chi connectivity index (χ1n) is 5.97. The van der Waals surface area contributed by atoms with Gasteiger partial charge in [-0.2, -0.15) is 0 Å². The summed E-state index contributed by atoms with van der Waals surface area (Å²) >= 11 is 0. The van der Waals surface area contributed by atoms with Crippen molar-refractivity contribution in [2.24, 2.45) is 7.05 Å². The number of aromatic hydroxyl groups is 1. The molecule has 0 spiro atoms. The van der Waals surface area contributed by atoms with Crippen molar-refractivity contribution in [3.63, 3.8) is 0 Å². The lowest BCUT2D eigenvalue weighted by molar-refractivity contribution is 0.0988. The highest BCUT2D eigenvalue weighted by molar-refractivity contribution is 5.99. The van der Waals surface area contributed by atoms with E-state index in [0.717, 1.165) is 5.56 Å². The normalized spacial score (nSPS) is 10.4. The molecular weight excluding hydrogens is 242 g/mol. The van der Waals surface area contributed by atoms with Gasteiger partial charge in [0.1, 0.15) is 11.3 Å². The first-order valence-corrected chi connectivity index (χ1v) is 5.97. The topological polar surface area (TPSA) is 59.3 Å².